The van der Waals surface area contributed by atoms with Crippen molar-refractivity contribution in [1.29, 1.82) is 0 Å². The molecule has 1 aromatic rings. The molecule has 0 saturated carbocycles. The summed E-state index contributed by atoms with van der Waals surface area (Å²) >= 11 is 0. The first-order valence-corrected chi connectivity index (χ1v) is 9.71. The monoisotopic (exact) mass is 360 g/mol. The van der Waals surface area contributed by atoms with E-state index in [1.165, 1.54) is 0 Å². The van der Waals surface area contributed by atoms with E-state index < -0.39 is 0 Å². The number of piperidine rings is 1. The van der Waals surface area contributed by atoms with E-state index in [0.717, 1.165) is 43.7 Å². The number of nitrogens with one attached hydrogen (secondary N) is 1. The molecule has 5 nitrogen and oxygen atoms in total. The zero-order valence-corrected chi connectivity index (χ0v) is 16.3. The lowest BCUT2D eigenvalue weighted by atomic mass is 10.0. The van der Waals surface area contributed by atoms with Crippen LogP contribution in [-0.4, -0.2) is 42.5 Å². The van der Waals surface area contributed by atoms with Crippen molar-refractivity contribution in [3.63, 3.8) is 0 Å². The molecule has 1 aliphatic heterocycles. The molecule has 2 rings (SSSR count). The van der Waals surface area contributed by atoms with Gasteiger partial charge in [0.25, 0.3) is 0 Å². The normalized spacial score (nSPS) is 15.2. The van der Waals surface area contributed by atoms with Crippen molar-refractivity contribution in [3.8, 4) is 5.75 Å². The number of benzene rings is 1. The van der Waals surface area contributed by atoms with Crippen molar-refractivity contribution in [3.05, 3.63) is 29.8 Å². The minimum absolute atomic E-state index is 0.123. The van der Waals surface area contributed by atoms with Crippen LogP contribution in [0.1, 0.15) is 51.5 Å². The lowest BCUT2D eigenvalue weighted by molar-refractivity contribution is -0.132. The molecule has 144 valence electrons. The van der Waals surface area contributed by atoms with Gasteiger partial charge in [-0.05, 0) is 43.7 Å². The number of rotatable bonds is 8. The third kappa shape index (κ3) is 6.70. The van der Waals surface area contributed by atoms with E-state index in [4.69, 9.17) is 4.74 Å². The molecule has 1 aliphatic rings. The van der Waals surface area contributed by atoms with E-state index in [-0.39, 0.29) is 17.9 Å². The number of aryl methyl sites for hydroxylation is 1. The van der Waals surface area contributed by atoms with E-state index in [1.807, 2.05) is 49.9 Å². The second-order valence-corrected chi connectivity index (χ2v) is 7.54. The minimum Gasteiger partial charge on any atom is -0.493 e. The predicted octanol–water partition coefficient (Wildman–Crippen LogP) is 3.31. The van der Waals surface area contributed by atoms with Crippen LogP contribution in [0.5, 0.6) is 5.75 Å². The zero-order valence-electron chi connectivity index (χ0n) is 16.3. The number of nitrogens with zero attached hydrogens (tertiary/aromatic N) is 1. The third-order valence-electron chi connectivity index (χ3n) is 4.69. The molecule has 0 spiro atoms. The molecule has 1 heterocycles. The Kier molecular flexibility index (Phi) is 7.95. The van der Waals surface area contributed by atoms with Gasteiger partial charge in [-0.2, -0.15) is 0 Å². The fraction of sp³-hybridized carbons (Fsp3) is 0.619. The fourth-order valence-corrected chi connectivity index (χ4v) is 3.21. The topological polar surface area (TPSA) is 58.6 Å². The molecule has 1 N–H and O–H groups in total. The molecule has 26 heavy (non-hydrogen) atoms. The highest BCUT2D eigenvalue weighted by Gasteiger charge is 2.23. The average molecular weight is 360 g/mol. The molecule has 2 amide bonds. The van der Waals surface area contributed by atoms with Gasteiger partial charge in [-0.1, -0.05) is 32.0 Å². The maximum Gasteiger partial charge on any atom is 0.222 e. The first-order chi connectivity index (χ1) is 12.5. The Morgan fingerprint density at radius 3 is 2.58 bits per heavy atom. The van der Waals surface area contributed by atoms with Crippen LogP contribution in [0, 0.1) is 12.8 Å². The Morgan fingerprint density at radius 1 is 1.23 bits per heavy atom. The molecule has 1 saturated heterocycles. The lowest BCUT2D eigenvalue weighted by Gasteiger charge is -2.32. The van der Waals surface area contributed by atoms with Crippen molar-refractivity contribution in [2.75, 3.05) is 19.7 Å². The van der Waals surface area contributed by atoms with Gasteiger partial charge in [-0.3, -0.25) is 9.59 Å². The van der Waals surface area contributed by atoms with Gasteiger partial charge in [0.2, 0.25) is 11.8 Å². The van der Waals surface area contributed by atoms with Gasteiger partial charge < -0.3 is 15.0 Å². The van der Waals surface area contributed by atoms with Crippen LogP contribution in [0.3, 0.4) is 0 Å². The van der Waals surface area contributed by atoms with Crippen molar-refractivity contribution < 1.29 is 14.3 Å². The van der Waals surface area contributed by atoms with Gasteiger partial charge in [-0.15, -0.1) is 0 Å². The number of likely N-dealkylation sites (tertiary alicyclic amines) is 1. The van der Waals surface area contributed by atoms with Crippen LogP contribution in [0.4, 0.5) is 0 Å². The highest BCUT2D eigenvalue weighted by molar-refractivity contribution is 5.77. The molecular formula is C21H32N2O3. The molecule has 0 aliphatic carbocycles. The van der Waals surface area contributed by atoms with E-state index in [9.17, 15) is 9.59 Å². The summed E-state index contributed by atoms with van der Waals surface area (Å²) in [6, 6.07) is 8.12. The number of para-hydroxylation sites is 1. The molecule has 0 unspecified atom stereocenters. The molecule has 0 atom stereocenters. The van der Waals surface area contributed by atoms with Crippen LogP contribution in [0.2, 0.25) is 0 Å². The summed E-state index contributed by atoms with van der Waals surface area (Å²) in [5.74, 6) is 1.57. The molecule has 1 aromatic carbocycles. The van der Waals surface area contributed by atoms with Crippen LogP contribution >= 0.6 is 0 Å². The van der Waals surface area contributed by atoms with E-state index in [0.29, 0.717) is 25.4 Å². The maximum atomic E-state index is 12.3. The van der Waals surface area contributed by atoms with Gasteiger partial charge in [0.05, 0.1) is 6.61 Å². The molecule has 0 aromatic heterocycles. The summed E-state index contributed by atoms with van der Waals surface area (Å²) in [6.07, 6.45) is 3.49. The van der Waals surface area contributed by atoms with Gasteiger partial charge in [0.1, 0.15) is 5.75 Å². The molecule has 1 fully saturated rings. The van der Waals surface area contributed by atoms with Crippen molar-refractivity contribution in [2.45, 2.75) is 58.9 Å². The van der Waals surface area contributed by atoms with Crippen molar-refractivity contribution in [1.82, 2.24) is 10.2 Å². The smallest absolute Gasteiger partial charge is 0.222 e. The Labute approximate surface area is 157 Å². The van der Waals surface area contributed by atoms with Crippen molar-refractivity contribution in [2.24, 2.45) is 5.92 Å². The van der Waals surface area contributed by atoms with Crippen molar-refractivity contribution >= 4 is 11.8 Å². The van der Waals surface area contributed by atoms with E-state index >= 15 is 0 Å². The number of hydrogen-bond acceptors (Lipinski definition) is 3. The van der Waals surface area contributed by atoms with Crippen LogP contribution in [0.25, 0.3) is 0 Å². The minimum atomic E-state index is 0.123. The van der Waals surface area contributed by atoms with E-state index in [1.54, 1.807) is 0 Å². The molecule has 5 heteroatoms. The van der Waals surface area contributed by atoms with Gasteiger partial charge in [0, 0.05) is 32.0 Å². The summed E-state index contributed by atoms with van der Waals surface area (Å²) in [4.78, 5) is 26.1. The highest BCUT2D eigenvalue weighted by Crippen LogP contribution is 2.17. The number of ether oxygens (including phenoxy) is 1. The van der Waals surface area contributed by atoms with E-state index in [2.05, 4.69) is 5.32 Å². The SMILES string of the molecule is Cc1ccccc1OCCCC(=O)N1CCC(NC(=O)CC(C)C)CC1. The Morgan fingerprint density at radius 2 is 1.92 bits per heavy atom. The molecule has 0 bridgehead atoms. The van der Waals surface area contributed by atoms with Crippen LogP contribution in [0.15, 0.2) is 24.3 Å². The standard InChI is InChI=1S/C21H32N2O3/c1-16(2)15-20(24)22-18-10-12-23(13-11-18)21(25)9-6-14-26-19-8-5-4-7-17(19)3/h4-5,7-8,16,18H,6,9-15H2,1-3H3,(H,22,24). The average Bonchev–Trinajstić information content (AvgIpc) is 2.60. The summed E-state index contributed by atoms with van der Waals surface area (Å²) in [5.41, 5.74) is 1.11. The highest BCUT2D eigenvalue weighted by atomic mass is 16.5. The first kappa shape index (κ1) is 20.3. The third-order valence-corrected chi connectivity index (χ3v) is 4.69. The largest absolute Gasteiger partial charge is 0.493 e. The number of carbonyl (C=O) groups is 2. The van der Waals surface area contributed by atoms with Crippen LogP contribution in [-0.2, 0) is 9.59 Å². The predicted molar refractivity (Wildman–Crippen MR) is 103 cm³/mol. The number of carbonyl (C=O) groups excluding carboxylic acids is 2. The number of amides is 2. The lowest BCUT2D eigenvalue weighted by Crippen LogP contribution is -2.46. The quantitative estimate of drug-likeness (QED) is 0.724. The fourth-order valence-electron chi connectivity index (χ4n) is 3.21. The molecule has 0 radical (unpaired) electrons. The Hall–Kier alpha value is -2.04. The summed E-state index contributed by atoms with van der Waals surface area (Å²) in [6.45, 7) is 8.12. The van der Waals surface area contributed by atoms with Gasteiger partial charge >= 0.3 is 0 Å². The van der Waals surface area contributed by atoms with Crippen LogP contribution < -0.4 is 10.1 Å². The second kappa shape index (κ2) is 10.2. The first-order valence-electron chi connectivity index (χ1n) is 9.71. The summed E-state index contributed by atoms with van der Waals surface area (Å²) in [5, 5.41) is 3.09. The molecular weight excluding hydrogens is 328 g/mol. The Balaban J connectivity index is 1.62. The second-order valence-electron chi connectivity index (χ2n) is 7.54. The number of hydrogen-bond donors (Lipinski definition) is 1. The maximum absolute atomic E-state index is 12.3. The Bertz CT molecular complexity index is 593. The van der Waals surface area contributed by atoms with Gasteiger partial charge in [-0.25, -0.2) is 0 Å². The van der Waals surface area contributed by atoms with Gasteiger partial charge in [0.15, 0.2) is 0 Å². The summed E-state index contributed by atoms with van der Waals surface area (Å²) < 4.78 is 5.75. The summed E-state index contributed by atoms with van der Waals surface area (Å²) in [7, 11) is 0. The zero-order chi connectivity index (χ0) is 18.9.